The zero-order valence-electron chi connectivity index (χ0n) is 14.7. The highest BCUT2D eigenvalue weighted by Gasteiger charge is 2.31. The van der Waals surface area contributed by atoms with Crippen LogP contribution in [0.25, 0.3) is 16.6 Å². The van der Waals surface area contributed by atoms with E-state index in [9.17, 15) is 0 Å². The molecule has 5 rings (SSSR count). The van der Waals surface area contributed by atoms with E-state index in [2.05, 4.69) is 41.3 Å². The standard InChI is InChI=1S/C20H20N6/c1-2-16(25-13-5-12-22-25)20-23-19(15-9-10-15)24-26(20)17-8-3-6-14-7-4-11-21-18(14)17/h3-8,11-13,15-16H,2,9-10H2,1H3/t16-/m0/s1. The Morgan fingerprint density at radius 1 is 1.12 bits per heavy atom. The molecule has 1 aliphatic rings. The second-order valence-corrected chi connectivity index (χ2v) is 6.78. The predicted octanol–water partition coefficient (Wildman–Crippen LogP) is 3.89. The number of para-hydroxylation sites is 1. The fraction of sp³-hybridized carbons (Fsp3) is 0.300. The van der Waals surface area contributed by atoms with Crippen LogP contribution >= 0.6 is 0 Å². The summed E-state index contributed by atoms with van der Waals surface area (Å²) in [6.07, 6.45) is 8.87. The van der Waals surface area contributed by atoms with Crippen LogP contribution in [0.4, 0.5) is 0 Å². The lowest BCUT2D eigenvalue weighted by atomic mass is 10.1. The summed E-state index contributed by atoms with van der Waals surface area (Å²) in [6.45, 7) is 2.16. The normalized spacial score (nSPS) is 15.4. The highest BCUT2D eigenvalue weighted by molar-refractivity contribution is 5.86. The molecule has 4 aromatic rings. The second kappa shape index (κ2) is 6.05. The van der Waals surface area contributed by atoms with E-state index in [4.69, 9.17) is 10.1 Å². The molecule has 130 valence electrons. The highest BCUT2D eigenvalue weighted by atomic mass is 15.4. The van der Waals surface area contributed by atoms with Crippen molar-refractivity contribution in [2.75, 3.05) is 0 Å². The average Bonchev–Trinajstić information content (AvgIpc) is 3.22. The molecule has 0 unspecified atom stereocenters. The Kier molecular flexibility index (Phi) is 3.55. The number of hydrogen-bond acceptors (Lipinski definition) is 4. The van der Waals surface area contributed by atoms with E-state index in [-0.39, 0.29) is 6.04 Å². The summed E-state index contributed by atoms with van der Waals surface area (Å²) in [7, 11) is 0. The molecule has 0 saturated heterocycles. The molecule has 1 saturated carbocycles. The minimum absolute atomic E-state index is 0.0453. The molecule has 0 spiro atoms. The van der Waals surface area contributed by atoms with Crippen LogP contribution in [0.1, 0.15) is 49.8 Å². The lowest BCUT2D eigenvalue weighted by Gasteiger charge is -2.16. The summed E-state index contributed by atoms with van der Waals surface area (Å²) in [5.41, 5.74) is 1.92. The van der Waals surface area contributed by atoms with Crippen molar-refractivity contribution in [2.45, 2.75) is 38.1 Å². The van der Waals surface area contributed by atoms with Crippen LogP contribution in [-0.4, -0.2) is 29.5 Å². The first kappa shape index (κ1) is 15.3. The van der Waals surface area contributed by atoms with Crippen molar-refractivity contribution in [3.05, 3.63) is 66.6 Å². The molecule has 6 heteroatoms. The van der Waals surface area contributed by atoms with Crippen molar-refractivity contribution in [1.29, 1.82) is 0 Å². The molecule has 1 aromatic carbocycles. The molecule has 1 fully saturated rings. The fourth-order valence-electron chi connectivity index (χ4n) is 3.46. The van der Waals surface area contributed by atoms with Crippen molar-refractivity contribution >= 4 is 10.9 Å². The van der Waals surface area contributed by atoms with E-state index in [1.54, 1.807) is 0 Å². The number of nitrogens with zero attached hydrogens (tertiary/aromatic N) is 6. The second-order valence-electron chi connectivity index (χ2n) is 6.78. The van der Waals surface area contributed by atoms with Gasteiger partial charge in [-0.05, 0) is 37.5 Å². The molecule has 0 aliphatic heterocycles. The van der Waals surface area contributed by atoms with E-state index < -0.39 is 0 Å². The molecular formula is C20H20N6. The zero-order valence-corrected chi connectivity index (χ0v) is 14.7. The van der Waals surface area contributed by atoms with Gasteiger partial charge in [-0.25, -0.2) is 9.67 Å². The molecule has 0 amide bonds. The Balaban J connectivity index is 1.73. The summed E-state index contributed by atoms with van der Waals surface area (Å²) < 4.78 is 3.95. The minimum atomic E-state index is 0.0453. The fourth-order valence-corrected chi connectivity index (χ4v) is 3.46. The summed E-state index contributed by atoms with van der Waals surface area (Å²) in [5.74, 6) is 2.36. The number of aromatic nitrogens is 6. The zero-order chi connectivity index (χ0) is 17.5. The Bertz CT molecular complexity index is 1040. The third-order valence-electron chi connectivity index (χ3n) is 4.96. The van der Waals surface area contributed by atoms with E-state index in [0.717, 1.165) is 34.7 Å². The van der Waals surface area contributed by atoms with Crippen molar-refractivity contribution < 1.29 is 0 Å². The summed E-state index contributed by atoms with van der Waals surface area (Å²) in [6, 6.07) is 12.2. The number of rotatable bonds is 5. The SMILES string of the molecule is CC[C@@H](c1nc(C2CC2)nn1-c1cccc2cccnc12)n1cccn1. The molecular weight excluding hydrogens is 324 g/mol. The van der Waals surface area contributed by atoms with E-state index in [0.29, 0.717) is 5.92 Å². The van der Waals surface area contributed by atoms with Gasteiger partial charge in [0.2, 0.25) is 0 Å². The third kappa shape index (κ3) is 2.49. The Labute approximate surface area is 151 Å². The smallest absolute Gasteiger partial charge is 0.157 e. The molecule has 1 aliphatic carbocycles. The van der Waals surface area contributed by atoms with Crippen molar-refractivity contribution in [3.63, 3.8) is 0 Å². The summed E-state index contributed by atoms with van der Waals surface area (Å²) >= 11 is 0. The maximum Gasteiger partial charge on any atom is 0.157 e. The van der Waals surface area contributed by atoms with Gasteiger partial charge in [0.05, 0.1) is 11.2 Å². The van der Waals surface area contributed by atoms with E-state index in [1.807, 2.05) is 40.1 Å². The Hall–Kier alpha value is -3.02. The lowest BCUT2D eigenvalue weighted by Crippen LogP contribution is -2.16. The van der Waals surface area contributed by atoms with Crippen LogP contribution < -0.4 is 0 Å². The van der Waals surface area contributed by atoms with Crippen LogP contribution in [0.3, 0.4) is 0 Å². The Morgan fingerprint density at radius 2 is 2.00 bits per heavy atom. The van der Waals surface area contributed by atoms with Crippen LogP contribution in [0.5, 0.6) is 0 Å². The van der Waals surface area contributed by atoms with Gasteiger partial charge in [-0.2, -0.15) is 10.2 Å². The molecule has 0 N–H and O–H groups in total. The quantitative estimate of drug-likeness (QED) is 0.551. The first-order valence-electron chi connectivity index (χ1n) is 9.15. The minimum Gasteiger partial charge on any atom is -0.262 e. The number of pyridine rings is 1. The topological polar surface area (TPSA) is 61.4 Å². The van der Waals surface area contributed by atoms with Gasteiger partial charge in [0.15, 0.2) is 11.6 Å². The van der Waals surface area contributed by atoms with Crippen LogP contribution in [-0.2, 0) is 0 Å². The van der Waals surface area contributed by atoms with Gasteiger partial charge >= 0.3 is 0 Å². The van der Waals surface area contributed by atoms with Crippen LogP contribution in [0.2, 0.25) is 0 Å². The molecule has 6 nitrogen and oxygen atoms in total. The first-order valence-corrected chi connectivity index (χ1v) is 9.15. The van der Waals surface area contributed by atoms with Crippen molar-refractivity contribution in [3.8, 4) is 5.69 Å². The van der Waals surface area contributed by atoms with Gasteiger partial charge in [-0.15, -0.1) is 0 Å². The first-order chi connectivity index (χ1) is 12.8. The lowest BCUT2D eigenvalue weighted by molar-refractivity contribution is 0.474. The molecule has 3 aromatic heterocycles. The van der Waals surface area contributed by atoms with Gasteiger partial charge in [-0.3, -0.25) is 9.67 Å². The average molecular weight is 344 g/mol. The largest absolute Gasteiger partial charge is 0.262 e. The van der Waals surface area contributed by atoms with Crippen molar-refractivity contribution in [1.82, 2.24) is 29.5 Å². The maximum absolute atomic E-state index is 4.95. The number of benzene rings is 1. The summed E-state index contributed by atoms with van der Waals surface area (Å²) in [4.78, 5) is 9.55. The predicted molar refractivity (Wildman–Crippen MR) is 99.3 cm³/mol. The highest BCUT2D eigenvalue weighted by Crippen LogP contribution is 2.39. The van der Waals surface area contributed by atoms with Gasteiger partial charge in [0, 0.05) is 29.9 Å². The maximum atomic E-state index is 4.95. The molecule has 3 heterocycles. The number of fused-ring (bicyclic) bond motifs is 1. The summed E-state index contributed by atoms with van der Waals surface area (Å²) in [5, 5.41) is 10.4. The van der Waals surface area contributed by atoms with Gasteiger partial charge < -0.3 is 0 Å². The molecule has 1 atom stereocenters. The molecule has 0 bridgehead atoms. The van der Waals surface area contributed by atoms with Gasteiger partial charge in [-0.1, -0.05) is 25.1 Å². The molecule has 0 radical (unpaired) electrons. The van der Waals surface area contributed by atoms with E-state index in [1.165, 1.54) is 12.8 Å². The third-order valence-corrected chi connectivity index (χ3v) is 4.96. The molecule has 26 heavy (non-hydrogen) atoms. The van der Waals surface area contributed by atoms with Gasteiger partial charge in [0.25, 0.3) is 0 Å². The van der Waals surface area contributed by atoms with Crippen LogP contribution in [0, 0.1) is 0 Å². The number of hydrogen-bond donors (Lipinski definition) is 0. The van der Waals surface area contributed by atoms with Crippen molar-refractivity contribution in [2.24, 2.45) is 0 Å². The van der Waals surface area contributed by atoms with Gasteiger partial charge in [0.1, 0.15) is 6.04 Å². The van der Waals surface area contributed by atoms with Crippen LogP contribution in [0.15, 0.2) is 55.0 Å². The van der Waals surface area contributed by atoms with E-state index >= 15 is 0 Å². The Morgan fingerprint density at radius 3 is 2.77 bits per heavy atom. The monoisotopic (exact) mass is 344 g/mol.